The van der Waals surface area contributed by atoms with Gasteiger partial charge in [0.1, 0.15) is 5.78 Å². The molecule has 0 radical (unpaired) electrons. The molecule has 1 N–H and O–H groups in total. The number of Topliss-reactive ketones (excluding diaryl/α,β-unsaturated/α-hetero) is 1. The second-order valence-electron chi connectivity index (χ2n) is 10.6. The minimum absolute atomic E-state index is 0.119. The van der Waals surface area contributed by atoms with Gasteiger partial charge in [-0.15, -0.1) is 0 Å². The SMILES string of the molecule is COC(=O)[C@]1(C)CCC[C@]2(C)[C@@H]1CC(=O)[C@@]13CC4[C@@H](C[C@]12O)[C@@]4(C)C3. The number of ketones is 1. The average molecular weight is 346 g/mol. The molecule has 0 aromatic heterocycles. The van der Waals surface area contributed by atoms with Crippen molar-refractivity contribution in [1.82, 2.24) is 0 Å². The highest BCUT2D eigenvalue weighted by Gasteiger charge is 2.86. The number of hydrogen-bond acceptors (Lipinski definition) is 4. The van der Waals surface area contributed by atoms with E-state index in [1.165, 1.54) is 7.11 Å². The summed E-state index contributed by atoms with van der Waals surface area (Å²) in [5, 5.41) is 12.1. The van der Waals surface area contributed by atoms with Gasteiger partial charge in [-0.05, 0) is 62.2 Å². The van der Waals surface area contributed by atoms with E-state index in [1.54, 1.807) is 0 Å². The molecule has 25 heavy (non-hydrogen) atoms. The van der Waals surface area contributed by atoms with Crippen molar-refractivity contribution in [3.05, 3.63) is 0 Å². The number of carbonyl (C=O) groups is 2. The zero-order valence-corrected chi connectivity index (χ0v) is 15.9. The first-order chi connectivity index (χ1) is 11.6. The molecule has 6 aliphatic carbocycles. The highest BCUT2D eigenvalue weighted by atomic mass is 16.5. The predicted octanol–water partition coefficient (Wildman–Crippen LogP) is 3.11. The molecule has 6 rings (SSSR count). The smallest absolute Gasteiger partial charge is 0.311 e. The van der Waals surface area contributed by atoms with Crippen LogP contribution in [0, 0.1) is 39.4 Å². The van der Waals surface area contributed by atoms with E-state index in [1.807, 2.05) is 6.92 Å². The van der Waals surface area contributed by atoms with Crippen LogP contribution >= 0.6 is 0 Å². The van der Waals surface area contributed by atoms with Crippen LogP contribution in [0.1, 0.15) is 65.7 Å². The lowest BCUT2D eigenvalue weighted by atomic mass is 9.37. The largest absolute Gasteiger partial charge is 0.469 e. The van der Waals surface area contributed by atoms with Gasteiger partial charge in [-0.3, -0.25) is 9.59 Å². The maximum absolute atomic E-state index is 13.5. The maximum atomic E-state index is 13.5. The Labute approximate surface area is 149 Å². The summed E-state index contributed by atoms with van der Waals surface area (Å²) in [5.41, 5.74) is -2.27. The summed E-state index contributed by atoms with van der Waals surface area (Å²) >= 11 is 0. The van der Waals surface area contributed by atoms with Gasteiger partial charge in [-0.1, -0.05) is 20.3 Å². The van der Waals surface area contributed by atoms with Crippen LogP contribution in [-0.4, -0.2) is 29.6 Å². The summed E-state index contributed by atoms with van der Waals surface area (Å²) in [4.78, 5) is 26.1. The van der Waals surface area contributed by atoms with Crippen molar-refractivity contribution in [3.8, 4) is 0 Å². The van der Waals surface area contributed by atoms with E-state index in [0.29, 0.717) is 18.3 Å². The molecular weight excluding hydrogens is 316 g/mol. The predicted molar refractivity (Wildman–Crippen MR) is 91.5 cm³/mol. The first-order valence-corrected chi connectivity index (χ1v) is 9.93. The topological polar surface area (TPSA) is 63.6 Å². The highest BCUT2D eigenvalue weighted by Crippen LogP contribution is 2.86. The fourth-order valence-electron chi connectivity index (χ4n) is 8.60. The van der Waals surface area contributed by atoms with Crippen molar-refractivity contribution < 1.29 is 19.4 Å². The molecule has 0 aromatic carbocycles. The van der Waals surface area contributed by atoms with E-state index in [2.05, 4.69) is 13.8 Å². The molecule has 0 saturated heterocycles. The normalized spacial score (nSPS) is 61.3. The molecule has 6 saturated carbocycles. The van der Waals surface area contributed by atoms with Crippen LogP contribution in [0.5, 0.6) is 0 Å². The monoisotopic (exact) mass is 346 g/mol. The van der Waals surface area contributed by atoms with Gasteiger partial charge in [0.15, 0.2) is 0 Å². The number of aliphatic hydroxyl groups is 1. The molecule has 0 aromatic rings. The quantitative estimate of drug-likeness (QED) is 0.741. The number of rotatable bonds is 1. The second-order valence-corrected chi connectivity index (χ2v) is 10.6. The van der Waals surface area contributed by atoms with Gasteiger partial charge < -0.3 is 9.84 Å². The Balaban J connectivity index is 1.65. The molecular formula is C21H30O4. The van der Waals surface area contributed by atoms with Gasteiger partial charge in [0.2, 0.25) is 0 Å². The van der Waals surface area contributed by atoms with Crippen LogP contribution < -0.4 is 0 Å². The van der Waals surface area contributed by atoms with Crippen LogP contribution in [0.3, 0.4) is 0 Å². The first-order valence-electron chi connectivity index (χ1n) is 9.93. The van der Waals surface area contributed by atoms with Crippen molar-refractivity contribution in [3.63, 3.8) is 0 Å². The maximum Gasteiger partial charge on any atom is 0.311 e. The number of ether oxygens (including phenoxy) is 1. The Morgan fingerprint density at radius 1 is 1.16 bits per heavy atom. The van der Waals surface area contributed by atoms with E-state index in [9.17, 15) is 14.7 Å². The molecule has 1 spiro atoms. The highest BCUT2D eigenvalue weighted by molar-refractivity contribution is 5.91. The van der Waals surface area contributed by atoms with Crippen LogP contribution in [0.15, 0.2) is 0 Å². The van der Waals surface area contributed by atoms with Crippen molar-refractivity contribution in [2.45, 2.75) is 71.3 Å². The summed E-state index contributed by atoms with van der Waals surface area (Å²) < 4.78 is 5.14. The minimum atomic E-state index is -0.952. The second kappa shape index (κ2) is 4.16. The molecule has 4 heteroatoms. The number of fused-ring (bicyclic) bond motifs is 1. The minimum Gasteiger partial charge on any atom is -0.469 e. The Kier molecular flexibility index (Phi) is 2.71. The van der Waals surface area contributed by atoms with E-state index in [4.69, 9.17) is 4.74 Å². The third-order valence-corrected chi connectivity index (χ3v) is 10.1. The number of methoxy groups -OCH3 is 1. The van der Waals surface area contributed by atoms with Gasteiger partial charge in [0.25, 0.3) is 0 Å². The van der Waals surface area contributed by atoms with Gasteiger partial charge in [-0.2, -0.15) is 0 Å². The van der Waals surface area contributed by atoms with Crippen LogP contribution in [0.2, 0.25) is 0 Å². The van der Waals surface area contributed by atoms with E-state index < -0.39 is 16.4 Å². The van der Waals surface area contributed by atoms with Gasteiger partial charge in [0.05, 0.1) is 23.5 Å². The Morgan fingerprint density at radius 2 is 1.84 bits per heavy atom. The molecule has 6 aliphatic rings. The lowest BCUT2D eigenvalue weighted by Gasteiger charge is -2.68. The summed E-state index contributed by atoms with van der Waals surface area (Å²) in [6.07, 6.45) is 5.49. The third-order valence-electron chi connectivity index (χ3n) is 10.1. The number of hydrogen-bond donors (Lipinski definition) is 1. The van der Waals surface area contributed by atoms with Gasteiger partial charge in [0, 0.05) is 11.8 Å². The summed E-state index contributed by atoms with van der Waals surface area (Å²) in [7, 11) is 1.44. The van der Waals surface area contributed by atoms with Crippen LogP contribution in [-0.2, 0) is 14.3 Å². The first kappa shape index (κ1) is 16.3. The fraction of sp³-hybridized carbons (Fsp3) is 0.905. The molecule has 4 bridgehead atoms. The number of esters is 1. The summed E-state index contributed by atoms with van der Waals surface area (Å²) in [6.45, 7) is 6.45. The molecule has 1 unspecified atom stereocenters. The van der Waals surface area contributed by atoms with E-state index in [-0.39, 0.29) is 28.5 Å². The number of carbonyl (C=O) groups excluding carboxylic acids is 2. The molecule has 138 valence electrons. The van der Waals surface area contributed by atoms with Gasteiger partial charge in [-0.25, -0.2) is 0 Å². The standard InChI is InChI=1S/C21H30O4/c1-17(16(23)25-4)6-5-7-19(3)14(17)8-15(22)20-9-12-13(10-21(19,20)24)18(12,2)11-20/h12-14,24H,5-11H2,1-4H3/t12?,13-,14-,17-,18+,19-,20+,21-/m1/s1. The van der Waals surface area contributed by atoms with E-state index >= 15 is 0 Å². The zero-order chi connectivity index (χ0) is 18.0. The average Bonchev–Trinajstić information content (AvgIpc) is 2.96. The van der Waals surface area contributed by atoms with Crippen molar-refractivity contribution in [2.24, 2.45) is 39.4 Å². The molecule has 8 atom stereocenters. The molecule has 4 nitrogen and oxygen atoms in total. The fourth-order valence-corrected chi connectivity index (χ4v) is 8.60. The third kappa shape index (κ3) is 1.42. The van der Waals surface area contributed by atoms with Crippen molar-refractivity contribution in [2.75, 3.05) is 7.11 Å². The molecule has 6 fully saturated rings. The van der Waals surface area contributed by atoms with E-state index in [0.717, 1.165) is 38.5 Å². The van der Waals surface area contributed by atoms with Crippen molar-refractivity contribution in [1.29, 1.82) is 0 Å². The Bertz CT molecular complexity index is 702. The van der Waals surface area contributed by atoms with Crippen molar-refractivity contribution >= 4 is 11.8 Å². The Hall–Kier alpha value is -0.900. The molecule has 0 aliphatic heterocycles. The Morgan fingerprint density at radius 3 is 2.44 bits per heavy atom. The molecule has 0 amide bonds. The lowest BCUT2D eigenvalue weighted by Crippen LogP contribution is -2.73. The lowest BCUT2D eigenvalue weighted by molar-refractivity contribution is -0.260. The molecule has 0 heterocycles. The summed E-state index contributed by atoms with van der Waals surface area (Å²) in [6, 6.07) is 0. The van der Waals surface area contributed by atoms with Crippen LogP contribution in [0.4, 0.5) is 0 Å². The zero-order valence-electron chi connectivity index (χ0n) is 15.9. The van der Waals surface area contributed by atoms with Crippen LogP contribution in [0.25, 0.3) is 0 Å². The summed E-state index contributed by atoms with van der Waals surface area (Å²) in [5.74, 6) is 1.09. The van der Waals surface area contributed by atoms with Gasteiger partial charge >= 0.3 is 5.97 Å².